The molecule has 0 spiro atoms. The molecule has 1 amide bonds. The molecule has 0 heterocycles. The number of unbranched alkanes of at least 4 members (excludes halogenated alkanes) is 12. The van der Waals surface area contributed by atoms with Crippen molar-refractivity contribution in [2.75, 3.05) is 19.8 Å². The molecule has 0 saturated heterocycles. The van der Waals surface area contributed by atoms with Crippen LogP contribution in [0.2, 0.25) is 0 Å². The minimum atomic E-state index is -0.275. The van der Waals surface area contributed by atoms with Crippen LogP contribution in [0, 0.1) is 11.8 Å². The minimum absolute atomic E-state index is 0.122. The number of nitrogens with zero attached hydrogens (tertiary/aromatic N) is 1. The zero-order chi connectivity index (χ0) is 27.7. The molecule has 5 nitrogen and oxygen atoms in total. The smallest absolute Gasteiger partial charge is 0.410 e. The van der Waals surface area contributed by atoms with Crippen molar-refractivity contribution in [2.24, 2.45) is 11.8 Å². The topological polar surface area (TPSA) is 55.8 Å². The molecule has 220 valence electrons. The molecule has 2 fully saturated rings. The predicted octanol–water partition coefficient (Wildman–Crippen LogP) is 9.05. The van der Waals surface area contributed by atoms with Crippen LogP contribution in [0.1, 0.15) is 134 Å². The van der Waals surface area contributed by atoms with E-state index in [9.17, 15) is 9.59 Å². The average molecular weight is 542 g/mol. The number of rotatable bonds is 20. The van der Waals surface area contributed by atoms with Crippen LogP contribution in [0.5, 0.6) is 0 Å². The van der Waals surface area contributed by atoms with Gasteiger partial charge in [0.05, 0.1) is 0 Å². The van der Waals surface area contributed by atoms with Crippen LogP contribution in [-0.2, 0) is 14.3 Å². The summed E-state index contributed by atoms with van der Waals surface area (Å²) in [5, 5.41) is 0. The highest BCUT2D eigenvalue weighted by Crippen LogP contribution is 2.54. The maximum Gasteiger partial charge on any atom is 0.410 e. The van der Waals surface area contributed by atoms with Crippen molar-refractivity contribution in [3.63, 3.8) is 0 Å². The molecule has 39 heavy (non-hydrogen) atoms. The summed E-state index contributed by atoms with van der Waals surface area (Å²) in [6.45, 7) is 5.19. The van der Waals surface area contributed by atoms with Gasteiger partial charge in [0.25, 0.3) is 0 Å². The Labute approximate surface area is 238 Å². The second-order valence-electron chi connectivity index (χ2n) is 11.9. The summed E-state index contributed by atoms with van der Waals surface area (Å²) in [6.07, 6.45) is 20.6. The van der Waals surface area contributed by atoms with Crippen LogP contribution in [0.25, 0.3) is 0 Å². The van der Waals surface area contributed by atoms with E-state index in [4.69, 9.17) is 9.47 Å². The maximum atomic E-state index is 13.0. The van der Waals surface area contributed by atoms with Gasteiger partial charge in [-0.2, -0.15) is 0 Å². The molecular formula is C34H55NO4. The quantitative estimate of drug-likeness (QED) is 0.122. The first-order valence-corrected chi connectivity index (χ1v) is 16.3. The van der Waals surface area contributed by atoms with Crippen LogP contribution in [0.15, 0.2) is 30.3 Å². The highest BCUT2D eigenvalue weighted by Gasteiger charge is 2.51. The zero-order valence-corrected chi connectivity index (χ0v) is 24.9. The molecule has 2 aliphatic carbocycles. The van der Waals surface area contributed by atoms with Crippen LogP contribution in [-0.4, -0.2) is 42.8 Å². The Morgan fingerprint density at radius 2 is 1.31 bits per heavy atom. The second kappa shape index (κ2) is 18.3. The molecule has 1 aromatic carbocycles. The van der Waals surface area contributed by atoms with E-state index in [-0.39, 0.29) is 31.3 Å². The third-order valence-corrected chi connectivity index (χ3v) is 9.05. The maximum absolute atomic E-state index is 13.0. The Balaban J connectivity index is 1.22. The number of esters is 1. The van der Waals surface area contributed by atoms with E-state index in [1.54, 1.807) is 0 Å². The number of amides is 1. The van der Waals surface area contributed by atoms with E-state index in [0.29, 0.717) is 30.7 Å². The molecule has 0 aromatic heterocycles. The monoisotopic (exact) mass is 541 g/mol. The van der Waals surface area contributed by atoms with Crippen molar-refractivity contribution in [3.05, 3.63) is 35.9 Å². The first-order valence-electron chi connectivity index (χ1n) is 16.3. The molecule has 1 aromatic rings. The van der Waals surface area contributed by atoms with Gasteiger partial charge >= 0.3 is 12.1 Å². The van der Waals surface area contributed by atoms with Crippen molar-refractivity contribution in [2.45, 2.75) is 135 Å². The molecule has 4 unspecified atom stereocenters. The van der Waals surface area contributed by atoms with Crippen LogP contribution >= 0.6 is 0 Å². The number of carbonyl (C=O) groups excluding carboxylic acids is 2. The summed E-state index contributed by atoms with van der Waals surface area (Å²) in [4.78, 5) is 27.1. The van der Waals surface area contributed by atoms with Gasteiger partial charge in [-0.15, -0.1) is 0 Å². The summed E-state index contributed by atoms with van der Waals surface area (Å²) in [5.41, 5.74) is 1.34. The Kier molecular flexibility index (Phi) is 14.8. The number of fused-ring (bicyclic) bond motifs is 2. The largest absolute Gasteiger partial charge is 0.462 e. The summed E-state index contributed by atoms with van der Waals surface area (Å²) in [5.74, 6) is 1.40. The first-order chi connectivity index (χ1) is 19.2. The molecule has 2 bridgehead atoms. The molecule has 2 saturated carbocycles. The highest BCUT2D eigenvalue weighted by molar-refractivity contribution is 5.69. The molecule has 4 atom stereocenters. The lowest BCUT2D eigenvalue weighted by Crippen LogP contribution is -2.47. The predicted molar refractivity (Wildman–Crippen MR) is 159 cm³/mol. The second-order valence-corrected chi connectivity index (χ2v) is 11.9. The summed E-state index contributed by atoms with van der Waals surface area (Å²) in [7, 11) is 0. The van der Waals surface area contributed by atoms with Crippen molar-refractivity contribution < 1.29 is 19.1 Å². The molecule has 5 heteroatoms. The Morgan fingerprint density at radius 3 is 1.92 bits per heavy atom. The fourth-order valence-corrected chi connectivity index (χ4v) is 7.04. The van der Waals surface area contributed by atoms with Gasteiger partial charge in [-0.25, -0.2) is 4.79 Å². The van der Waals surface area contributed by atoms with Crippen molar-refractivity contribution in [1.82, 2.24) is 4.90 Å². The number of likely N-dealkylation sites (N-methyl/N-ethyl adjacent to an activating group) is 1. The number of hydrogen-bond acceptors (Lipinski definition) is 4. The van der Waals surface area contributed by atoms with E-state index in [2.05, 4.69) is 37.3 Å². The number of benzene rings is 1. The Hall–Kier alpha value is -2.04. The van der Waals surface area contributed by atoms with E-state index >= 15 is 0 Å². The SMILES string of the molecule is CCCCCCCCCCCCCCCC(=O)OCCOC(=O)N(CC)C1C2CCC(C2)C1c1ccccc1. The van der Waals surface area contributed by atoms with E-state index in [0.717, 1.165) is 12.8 Å². The van der Waals surface area contributed by atoms with Crippen LogP contribution < -0.4 is 0 Å². The molecule has 0 aliphatic heterocycles. The minimum Gasteiger partial charge on any atom is -0.462 e. The molecular weight excluding hydrogens is 486 g/mol. The van der Waals surface area contributed by atoms with E-state index in [1.165, 1.54) is 95.5 Å². The average Bonchev–Trinajstić information content (AvgIpc) is 3.57. The number of carbonyl (C=O) groups is 2. The van der Waals surface area contributed by atoms with Gasteiger partial charge in [-0.05, 0) is 50.0 Å². The first kappa shape index (κ1) is 31.5. The fraction of sp³-hybridized carbons (Fsp3) is 0.765. The normalized spacial score (nSPS) is 21.7. The molecule has 0 radical (unpaired) electrons. The molecule has 3 rings (SSSR count). The zero-order valence-electron chi connectivity index (χ0n) is 24.9. The summed E-state index contributed by atoms with van der Waals surface area (Å²) < 4.78 is 10.9. The third-order valence-electron chi connectivity index (χ3n) is 9.05. The van der Waals surface area contributed by atoms with E-state index in [1.807, 2.05) is 11.8 Å². The number of hydrogen-bond donors (Lipinski definition) is 0. The van der Waals surface area contributed by atoms with Gasteiger partial charge in [-0.3, -0.25) is 4.79 Å². The fourth-order valence-electron chi connectivity index (χ4n) is 7.04. The van der Waals surface area contributed by atoms with Gasteiger partial charge in [0, 0.05) is 24.9 Å². The van der Waals surface area contributed by atoms with Gasteiger partial charge in [-0.1, -0.05) is 114 Å². The van der Waals surface area contributed by atoms with E-state index < -0.39 is 0 Å². The van der Waals surface area contributed by atoms with Crippen molar-refractivity contribution in [1.29, 1.82) is 0 Å². The summed E-state index contributed by atoms with van der Waals surface area (Å²) >= 11 is 0. The Bertz CT molecular complexity index is 813. The Morgan fingerprint density at radius 1 is 0.744 bits per heavy atom. The third kappa shape index (κ3) is 10.5. The van der Waals surface area contributed by atoms with Crippen LogP contribution in [0.4, 0.5) is 4.79 Å². The van der Waals surface area contributed by atoms with Gasteiger partial charge in [0.15, 0.2) is 0 Å². The molecule has 0 N–H and O–H groups in total. The van der Waals surface area contributed by atoms with Gasteiger partial charge in [0.2, 0.25) is 0 Å². The molecule has 2 aliphatic rings. The lowest BCUT2D eigenvalue weighted by Gasteiger charge is -2.39. The standard InChI is InChI=1S/C34H55NO4/c1-3-5-6-7-8-9-10-11-12-13-14-15-19-22-31(36)38-25-26-39-34(37)35(4-2)33-30-24-23-29(27-30)32(33)28-20-17-16-18-21-28/h16-18,20-21,29-30,32-33H,3-15,19,22-27H2,1-2H3. The highest BCUT2D eigenvalue weighted by atomic mass is 16.6. The van der Waals surface area contributed by atoms with Crippen molar-refractivity contribution >= 4 is 12.1 Å². The van der Waals surface area contributed by atoms with Crippen LogP contribution in [0.3, 0.4) is 0 Å². The summed E-state index contributed by atoms with van der Waals surface area (Å²) in [6, 6.07) is 10.8. The van der Waals surface area contributed by atoms with Gasteiger partial charge < -0.3 is 14.4 Å². The number of ether oxygens (including phenoxy) is 2. The van der Waals surface area contributed by atoms with Crippen molar-refractivity contribution in [3.8, 4) is 0 Å². The van der Waals surface area contributed by atoms with Gasteiger partial charge in [0.1, 0.15) is 13.2 Å². The lowest BCUT2D eigenvalue weighted by atomic mass is 9.79. The lowest BCUT2D eigenvalue weighted by molar-refractivity contribution is -0.144.